The van der Waals surface area contributed by atoms with Crippen LogP contribution in [0.1, 0.15) is 29.3 Å². The van der Waals surface area contributed by atoms with Crippen molar-refractivity contribution >= 4 is 18.1 Å². The number of phenols is 1. The highest BCUT2D eigenvalue weighted by molar-refractivity contribution is 5.89. The summed E-state index contributed by atoms with van der Waals surface area (Å²) >= 11 is 0. The molecule has 0 aliphatic rings. The number of nitrogens with one attached hydrogen (secondary N) is 1. The maximum atomic E-state index is 11.7. The van der Waals surface area contributed by atoms with E-state index in [1.54, 1.807) is 42.5 Å². The number of esters is 1. The molecule has 1 amide bonds. The Kier molecular flexibility index (Phi) is 7.17. The number of aromatic hydroxyl groups is 1. The van der Waals surface area contributed by atoms with Crippen LogP contribution in [0.5, 0.6) is 11.5 Å². The van der Waals surface area contributed by atoms with Gasteiger partial charge in [0.15, 0.2) is 6.61 Å². The van der Waals surface area contributed by atoms with Crippen LogP contribution in [0, 0.1) is 0 Å². The fraction of sp³-hybridized carbons (Fsp3) is 0.211. The van der Waals surface area contributed by atoms with Crippen molar-refractivity contribution in [1.29, 1.82) is 0 Å². The van der Waals surface area contributed by atoms with E-state index in [1.165, 1.54) is 12.3 Å². The normalized spacial score (nSPS) is 10.5. The SMILES string of the molecule is CCCOC(=O)c1ccc(OCC(=O)N/N=C/c2ccccc2O)cc1. The molecule has 2 aromatic carbocycles. The third kappa shape index (κ3) is 5.94. The van der Waals surface area contributed by atoms with Crippen LogP contribution in [0.4, 0.5) is 0 Å². The fourth-order valence-electron chi connectivity index (χ4n) is 1.92. The molecule has 136 valence electrons. The summed E-state index contributed by atoms with van der Waals surface area (Å²) in [6, 6.07) is 12.9. The maximum Gasteiger partial charge on any atom is 0.338 e. The van der Waals surface area contributed by atoms with Gasteiger partial charge >= 0.3 is 5.97 Å². The van der Waals surface area contributed by atoms with Crippen LogP contribution in [-0.4, -0.2) is 36.4 Å². The Labute approximate surface area is 151 Å². The van der Waals surface area contributed by atoms with Crippen molar-refractivity contribution in [3.05, 3.63) is 59.7 Å². The molecule has 0 unspecified atom stereocenters. The molecule has 0 spiro atoms. The Morgan fingerprint density at radius 1 is 1.15 bits per heavy atom. The van der Waals surface area contributed by atoms with Gasteiger partial charge in [-0.05, 0) is 42.8 Å². The number of hydrazone groups is 1. The summed E-state index contributed by atoms with van der Waals surface area (Å²) < 4.78 is 10.3. The van der Waals surface area contributed by atoms with Gasteiger partial charge in [-0.25, -0.2) is 10.2 Å². The summed E-state index contributed by atoms with van der Waals surface area (Å²) in [6.45, 7) is 2.05. The highest BCUT2D eigenvalue weighted by Gasteiger charge is 2.07. The second-order valence-corrected chi connectivity index (χ2v) is 5.30. The fourth-order valence-corrected chi connectivity index (χ4v) is 1.92. The highest BCUT2D eigenvalue weighted by atomic mass is 16.5. The minimum Gasteiger partial charge on any atom is -0.507 e. The van der Waals surface area contributed by atoms with E-state index < -0.39 is 11.9 Å². The van der Waals surface area contributed by atoms with E-state index in [9.17, 15) is 14.7 Å². The van der Waals surface area contributed by atoms with E-state index in [0.717, 1.165) is 6.42 Å². The van der Waals surface area contributed by atoms with Crippen molar-refractivity contribution in [2.45, 2.75) is 13.3 Å². The Morgan fingerprint density at radius 3 is 2.58 bits per heavy atom. The van der Waals surface area contributed by atoms with Crippen LogP contribution in [0.25, 0.3) is 0 Å². The number of benzene rings is 2. The van der Waals surface area contributed by atoms with Crippen LogP contribution >= 0.6 is 0 Å². The molecule has 0 atom stereocenters. The average Bonchev–Trinajstić information content (AvgIpc) is 2.66. The Bertz CT molecular complexity index is 772. The number of hydrogen-bond acceptors (Lipinski definition) is 6. The molecule has 0 aromatic heterocycles. The molecule has 0 aliphatic carbocycles. The van der Waals surface area contributed by atoms with Gasteiger partial charge in [-0.3, -0.25) is 4.79 Å². The zero-order valence-corrected chi connectivity index (χ0v) is 14.3. The molecule has 26 heavy (non-hydrogen) atoms. The van der Waals surface area contributed by atoms with Crippen molar-refractivity contribution in [1.82, 2.24) is 5.43 Å². The number of amides is 1. The molecule has 0 fully saturated rings. The third-order valence-corrected chi connectivity index (χ3v) is 3.23. The number of carbonyl (C=O) groups excluding carboxylic acids is 2. The van der Waals surface area contributed by atoms with Crippen molar-refractivity contribution in [2.24, 2.45) is 5.10 Å². The molecule has 0 saturated heterocycles. The quantitative estimate of drug-likeness (QED) is 0.430. The van der Waals surface area contributed by atoms with Crippen LogP contribution in [0.2, 0.25) is 0 Å². The largest absolute Gasteiger partial charge is 0.507 e. The van der Waals surface area contributed by atoms with Crippen molar-refractivity contribution < 1.29 is 24.2 Å². The Hall–Kier alpha value is -3.35. The van der Waals surface area contributed by atoms with Gasteiger partial charge < -0.3 is 14.6 Å². The van der Waals surface area contributed by atoms with E-state index in [2.05, 4.69) is 10.5 Å². The predicted octanol–water partition coefficient (Wildman–Crippen LogP) is 2.49. The van der Waals surface area contributed by atoms with Gasteiger partial charge in [0.05, 0.1) is 18.4 Å². The molecule has 0 saturated carbocycles. The number of rotatable bonds is 8. The first-order chi connectivity index (χ1) is 12.6. The summed E-state index contributed by atoms with van der Waals surface area (Å²) in [6.07, 6.45) is 2.10. The standard InChI is InChI=1S/C19H20N2O5/c1-2-11-25-19(24)14-7-9-16(10-8-14)26-13-18(23)21-20-12-15-5-3-4-6-17(15)22/h3-10,12,22H,2,11,13H2,1H3,(H,21,23)/b20-12+. The van der Waals surface area contributed by atoms with E-state index in [0.29, 0.717) is 23.5 Å². The molecule has 2 N–H and O–H groups in total. The van der Waals surface area contributed by atoms with Gasteiger partial charge in [-0.2, -0.15) is 5.10 Å². The molecule has 0 heterocycles. The van der Waals surface area contributed by atoms with Crippen molar-refractivity contribution in [3.63, 3.8) is 0 Å². The number of hydrogen-bond donors (Lipinski definition) is 2. The lowest BCUT2D eigenvalue weighted by atomic mass is 10.2. The minimum atomic E-state index is -0.455. The van der Waals surface area contributed by atoms with E-state index >= 15 is 0 Å². The molecule has 0 aliphatic heterocycles. The molecule has 7 heteroatoms. The number of para-hydroxylation sites is 1. The summed E-state index contributed by atoms with van der Waals surface area (Å²) in [4.78, 5) is 23.4. The smallest absolute Gasteiger partial charge is 0.338 e. The van der Waals surface area contributed by atoms with Gasteiger partial charge in [-0.15, -0.1) is 0 Å². The topological polar surface area (TPSA) is 97.2 Å². The van der Waals surface area contributed by atoms with Crippen molar-refractivity contribution in [3.8, 4) is 11.5 Å². The average molecular weight is 356 g/mol. The molecule has 0 radical (unpaired) electrons. The number of ether oxygens (including phenoxy) is 2. The van der Waals surface area contributed by atoms with Crippen LogP contribution < -0.4 is 10.2 Å². The third-order valence-electron chi connectivity index (χ3n) is 3.23. The first-order valence-electron chi connectivity index (χ1n) is 8.10. The molecule has 0 bridgehead atoms. The van der Waals surface area contributed by atoms with E-state index in [1.807, 2.05) is 6.92 Å². The summed E-state index contributed by atoms with van der Waals surface area (Å²) in [5.41, 5.74) is 3.21. The lowest BCUT2D eigenvalue weighted by Crippen LogP contribution is -2.24. The summed E-state index contributed by atoms with van der Waals surface area (Å²) in [7, 11) is 0. The first kappa shape index (κ1) is 19.0. The predicted molar refractivity (Wildman–Crippen MR) is 96.4 cm³/mol. The second-order valence-electron chi connectivity index (χ2n) is 5.30. The van der Waals surface area contributed by atoms with Gasteiger partial charge in [-0.1, -0.05) is 19.1 Å². The van der Waals surface area contributed by atoms with E-state index in [-0.39, 0.29) is 12.4 Å². The van der Waals surface area contributed by atoms with Gasteiger partial charge in [0.25, 0.3) is 5.91 Å². The lowest BCUT2D eigenvalue weighted by molar-refractivity contribution is -0.123. The first-order valence-corrected chi connectivity index (χ1v) is 8.10. The summed E-state index contributed by atoms with van der Waals surface area (Å²) in [5.74, 6) is -0.339. The van der Waals surface area contributed by atoms with Crippen LogP contribution in [0.15, 0.2) is 53.6 Å². The van der Waals surface area contributed by atoms with E-state index in [4.69, 9.17) is 9.47 Å². The van der Waals surface area contributed by atoms with Gasteiger partial charge in [0.1, 0.15) is 11.5 Å². The summed E-state index contributed by atoms with van der Waals surface area (Å²) in [5, 5.41) is 13.3. The molecular formula is C19H20N2O5. The van der Waals surface area contributed by atoms with Crippen LogP contribution in [0.3, 0.4) is 0 Å². The molecule has 2 aromatic rings. The number of phenolic OH excluding ortho intramolecular Hbond substituents is 1. The maximum absolute atomic E-state index is 11.7. The zero-order valence-electron chi connectivity index (χ0n) is 14.3. The molecular weight excluding hydrogens is 336 g/mol. The number of nitrogens with zero attached hydrogens (tertiary/aromatic N) is 1. The van der Waals surface area contributed by atoms with Gasteiger partial charge in [0.2, 0.25) is 0 Å². The number of carbonyl (C=O) groups is 2. The molecule has 7 nitrogen and oxygen atoms in total. The van der Waals surface area contributed by atoms with Gasteiger partial charge in [0, 0.05) is 5.56 Å². The minimum absolute atomic E-state index is 0.0688. The monoisotopic (exact) mass is 356 g/mol. The second kappa shape index (κ2) is 9.83. The molecule has 2 rings (SSSR count). The Morgan fingerprint density at radius 2 is 1.88 bits per heavy atom. The van der Waals surface area contributed by atoms with Crippen LogP contribution in [-0.2, 0) is 9.53 Å². The lowest BCUT2D eigenvalue weighted by Gasteiger charge is -2.06. The Balaban J connectivity index is 1.78. The zero-order chi connectivity index (χ0) is 18.8. The van der Waals surface area contributed by atoms with Crippen molar-refractivity contribution in [2.75, 3.05) is 13.2 Å². The highest BCUT2D eigenvalue weighted by Crippen LogP contribution is 2.13.